The summed E-state index contributed by atoms with van der Waals surface area (Å²) in [6.45, 7) is 25.5. The number of aromatic nitrogens is 2. The fraction of sp³-hybridized carbons (Fsp3) is 0.333. The van der Waals surface area contributed by atoms with E-state index >= 15 is 0 Å². The van der Waals surface area contributed by atoms with Gasteiger partial charge in [-0.2, -0.15) is 0 Å². The van der Waals surface area contributed by atoms with Crippen LogP contribution in [0.25, 0.3) is 44.1 Å². The topological polar surface area (TPSA) is 100 Å². The normalized spacial score (nSPS) is 12.0. The summed E-state index contributed by atoms with van der Waals surface area (Å²) >= 11 is 0. The van der Waals surface area contributed by atoms with Crippen molar-refractivity contribution in [3.63, 3.8) is 0 Å². The number of aliphatic hydroxyl groups is 2. The van der Waals surface area contributed by atoms with Gasteiger partial charge in [0.05, 0.1) is 11.5 Å². The van der Waals surface area contributed by atoms with Crippen LogP contribution >= 0.6 is 0 Å². The number of pyridine rings is 2. The zero-order valence-corrected chi connectivity index (χ0v) is 43.4. The van der Waals surface area contributed by atoms with Crippen LogP contribution in [0.5, 0.6) is 0 Å². The number of fused-ring (bicyclic) bond motifs is 2. The van der Waals surface area contributed by atoms with Gasteiger partial charge in [-0.15, -0.1) is 69.8 Å². The van der Waals surface area contributed by atoms with Crippen LogP contribution in [-0.2, 0) is 49.8 Å². The minimum Gasteiger partial charge on any atom is -0.512 e. The molecule has 0 amide bonds. The Balaban J connectivity index is 0.000000435. The second-order valence-corrected chi connectivity index (χ2v) is 16.2. The zero-order chi connectivity index (χ0) is 44.7. The first kappa shape index (κ1) is 55.4. The summed E-state index contributed by atoms with van der Waals surface area (Å²) in [4.78, 5) is 30.6. The predicted molar refractivity (Wildman–Crippen MR) is 251 cm³/mol. The molecule has 2 N–H and O–H groups in total. The smallest absolute Gasteiger partial charge is 0.161 e. The third kappa shape index (κ3) is 17.3. The van der Waals surface area contributed by atoms with E-state index in [9.17, 15) is 14.7 Å². The number of rotatable bonds is 9. The van der Waals surface area contributed by atoms with Gasteiger partial charge in [-0.25, -0.2) is 0 Å². The van der Waals surface area contributed by atoms with Gasteiger partial charge in [-0.3, -0.25) is 9.59 Å². The minimum absolute atomic E-state index is 0. The number of carbonyl (C=O) groups is 2. The van der Waals surface area contributed by atoms with Crippen molar-refractivity contribution in [1.29, 1.82) is 0 Å². The third-order valence-electron chi connectivity index (χ3n) is 10.1. The molecule has 0 saturated heterocycles. The number of nitrogens with zero attached hydrogens (tertiary/aromatic N) is 2. The van der Waals surface area contributed by atoms with Crippen LogP contribution in [0.3, 0.4) is 0 Å². The standard InChI is InChI=1S/C20H20N.C18H16N.C11H20O2.C5H8O2.2Ir/c1-13(2)17-6-5-16-7-8-21-20(19(16)12-17)18-10-14(3)9-15(4)11-18;1-12-4-5-17-15(9-12)6-7-19-18(17)16-10-13(2)8-14(3)11-16;1-5-8(3)10(12)7-11(13)9(4)6-2;1-4(6)3-5(2)7;;/h5-10,12-13H,1-4H3;4-10H,1-3H3;7-9,12H,5-6H2,1-4H3;3,6H,1-2H3;;/q2*-1;;;;. The zero-order valence-electron chi connectivity index (χ0n) is 38.7. The monoisotopic (exact) mass is 1190 g/mol. The van der Waals surface area contributed by atoms with Gasteiger partial charge in [-0.1, -0.05) is 111 Å². The van der Waals surface area contributed by atoms with Gasteiger partial charge >= 0.3 is 0 Å². The Labute approximate surface area is 398 Å². The number of aryl methyl sites for hydroxylation is 5. The van der Waals surface area contributed by atoms with Crippen molar-refractivity contribution in [2.75, 3.05) is 0 Å². The third-order valence-corrected chi connectivity index (χ3v) is 10.1. The van der Waals surface area contributed by atoms with Crippen LogP contribution in [0, 0.1) is 58.6 Å². The molecule has 8 heteroatoms. The van der Waals surface area contributed by atoms with Gasteiger partial charge in [0.25, 0.3) is 0 Å². The molecule has 0 aliphatic heterocycles. The maximum Gasteiger partial charge on any atom is 0.161 e. The fourth-order valence-corrected chi connectivity index (χ4v) is 6.45. The summed E-state index contributed by atoms with van der Waals surface area (Å²) in [5.41, 5.74) is 11.6. The molecule has 2 unspecified atom stereocenters. The molecule has 0 bridgehead atoms. The van der Waals surface area contributed by atoms with E-state index in [0.29, 0.717) is 5.92 Å². The first-order valence-corrected chi connectivity index (χ1v) is 20.9. The van der Waals surface area contributed by atoms with Crippen LogP contribution in [0.15, 0.2) is 109 Å². The van der Waals surface area contributed by atoms with E-state index in [1.165, 1.54) is 69.8 Å². The van der Waals surface area contributed by atoms with Gasteiger partial charge in [0, 0.05) is 76.6 Å². The van der Waals surface area contributed by atoms with E-state index in [1.807, 2.05) is 40.1 Å². The van der Waals surface area contributed by atoms with Gasteiger partial charge in [-0.05, 0) is 90.2 Å². The molecule has 0 saturated carbocycles. The maximum absolute atomic E-state index is 11.4. The summed E-state index contributed by atoms with van der Waals surface area (Å²) in [5, 5.41) is 22.7. The second kappa shape index (κ2) is 26.8. The molecule has 0 fully saturated rings. The summed E-state index contributed by atoms with van der Waals surface area (Å²) in [5.74, 6) is 0.811. The molecule has 2 radical (unpaired) electrons. The van der Waals surface area contributed by atoms with Crippen molar-refractivity contribution >= 4 is 33.1 Å². The molecular formula is C54H64Ir2N2O4-2. The minimum atomic E-state index is -0.125. The van der Waals surface area contributed by atoms with Crippen LogP contribution in [-0.4, -0.2) is 31.7 Å². The van der Waals surface area contributed by atoms with E-state index in [0.717, 1.165) is 46.5 Å². The molecule has 6 aromatic rings. The van der Waals surface area contributed by atoms with Crippen LogP contribution in [0.2, 0.25) is 0 Å². The Morgan fingerprint density at radius 1 is 0.613 bits per heavy atom. The van der Waals surface area contributed by atoms with E-state index < -0.39 is 0 Å². The van der Waals surface area contributed by atoms with Crippen LogP contribution < -0.4 is 0 Å². The molecule has 62 heavy (non-hydrogen) atoms. The quantitative estimate of drug-likeness (QED) is 0.0850. The number of ketones is 2. The summed E-state index contributed by atoms with van der Waals surface area (Å²) in [6, 6.07) is 32.7. The number of allylic oxidation sites excluding steroid dienone is 4. The molecule has 2 aromatic heterocycles. The first-order valence-electron chi connectivity index (χ1n) is 20.9. The Morgan fingerprint density at radius 2 is 1.13 bits per heavy atom. The van der Waals surface area contributed by atoms with Crippen LogP contribution in [0.4, 0.5) is 0 Å². The Bertz CT molecular complexity index is 2430. The molecule has 0 aliphatic carbocycles. The number of hydrogen-bond donors (Lipinski definition) is 2. The molecule has 0 aliphatic rings. The van der Waals surface area contributed by atoms with Crippen molar-refractivity contribution in [1.82, 2.24) is 9.97 Å². The van der Waals surface area contributed by atoms with Crippen molar-refractivity contribution in [2.45, 2.75) is 109 Å². The molecular weight excluding hydrogens is 1130 g/mol. The van der Waals surface area contributed by atoms with Gasteiger partial charge in [0.2, 0.25) is 0 Å². The average Bonchev–Trinajstić information content (AvgIpc) is 3.18. The Hall–Kier alpha value is -4.58. The molecule has 334 valence electrons. The average molecular weight is 1190 g/mol. The first-order chi connectivity index (χ1) is 28.3. The molecule has 4 aromatic carbocycles. The van der Waals surface area contributed by atoms with Crippen molar-refractivity contribution in [3.05, 3.63) is 154 Å². The Morgan fingerprint density at radius 3 is 1.58 bits per heavy atom. The number of benzene rings is 4. The molecule has 6 rings (SSSR count). The number of hydrogen-bond acceptors (Lipinski definition) is 6. The van der Waals surface area contributed by atoms with Crippen molar-refractivity contribution < 1.29 is 60.0 Å². The van der Waals surface area contributed by atoms with Gasteiger partial charge in [0.15, 0.2) is 11.6 Å². The Kier molecular flexibility index (Phi) is 24.0. The SMILES string of the molecule is CC(=O)C=C(C)O.CCC(C)C(=O)C=C(O)C(C)CC.Cc1[c-]c(-c2nccc3cc(C)ccc23)cc(C)c1.Cc1[c-]c(-c2nccc3ccc(C(C)C)cc23)cc(C)c1.[Ir].[Ir]. The van der Waals surface area contributed by atoms with Gasteiger partial charge < -0.3 is 20.2 Å². The fourth-order valence-electron chi connectivity index (χ4n) is 6.45. The van der Waals surface area contributed by atoms with Crippen molar-refractivity contribution in [3.8, 4) is 22.5 Å². The largest absolute Gasteiger partial charge is 0.512 e. The summed E-state index contributed by atoms with van der Waals surface area (Å²) in [6.07, 6.45) is 7.99. The number of aliphatic hydroxyl groups excluding tert-OH is 2. The van der Waals surface area contributed by atoms with Crippen molar-refractivity contribution in [2.24, 2.45) is 11.8 Å². The number of carbonyl (C=O) groups excluding carboxylic acids is 2. The van der Waals surface area contributed by atoms with E-state index in [4.69, 9.17) is 5.11 Å². The van der Waals surface area contributed by atoms with Crippen LogP contribution in [0.1, 0.15) is 108 Å². The van der Waals surface area contributed by atoms with Gasteiger partial charge in [0.1, 0.15) is 0 Å². The molecule has 0 spiro atoms. The summed E-state index contributed by atoms with van der Waals surface area (Å²) in [7, 11) is 0. The molecule has 6 nitrogen and oxygen atoms in total. The van der Waals surface area contributed by atoms with E-state index in [2.05, 4.69) is 143 Å². The molecule has 2 atom stereocenters. The van der Waals surface area contributed by atoms with E-state index in [-0.39, 0.29) is 75.1 Å². The summed E-state index contributed by atoms with van der Waals surface area (Å²) < 4.78 is 0. The predicted octanol–water partition coefficient (Wildman–Crippen LogP) is 14.2. The van der Waals surface area contributed by atoms with E-state index in [1.54, 1.807) is 0 Å². The molecule has 2 heterocycles. The maximum atomic E-state index is 11.4. The second-order valence-electron chi connectivity index (χ2n) is 16.2.